The Hall–Kier alpha value is -19.4. The van der Waals surface area contributed by atoms with Crippen LogP contribution < -0.4 is 9.80 Å². The van der Waals surface area contributed by atoms with Crippen LogP contribution in [0.3, 0.4) is 0 Å². The van der Waals surface area contributed by atoms with E-state index in [1.807, 2.05) is 24.3 Å². The molecule has 6 heteroatoms. The Bertz CT molecular complexity index is 10000. The van der Waals surface area contributed by atoms with Crippen LogP contribution in [-0.4, -0.2) is 9.13 Å². The van der Waals surface area contributed by atoms with Crippen molar-refractivity contribution in [2.75, 3.05) is 9.80 Å². The number of aromatic nitrogens is 2. The molecule has 4 heterocycles. The molecule has 29 rings (SSSR count). The molecule has 682 valence electrons. The molecule has 0 N–H and O–H groups in total. The molecule has 4 aromatic heterocycles. The minimum atomic E-state index is 0.907. The number of benzene rings is 25. The normalized spacial score (nSPS) is 11.7. The molecule has 0 aliphatic rings. The van der Waals surface area contributed by atoms with Crippen LogP contribution in [0.2, 0.25) is 0 Å². The van der Waals surface area contributed by atoms with E-state index in [1.165, 1.54) is 142 Å². The van der Waals surface area contributed by atoms with E-state index in [2.05, 4.69) is 541 Å². The monoisotopic (exact) mass is 1860 g/mol. The number of nitrogens with zero attached hydrogens (tertiary/aromatic N) is 4. The Morgan fingerprint density at radius 3 is 0.719 bits per heavy atom. The van der Waals surface area contributed by atoms with Gasteiger partial charge in [0.1, 0.15) is 22.3 Å². The molecule has 146 heavy (non-hydrogen) atoms. The lowest BCUT2D eigenvalue weighted by molar-refractivity contribution is 0.668. The molecule has 0 amide bonds. The van der Waals surface area contributed by atoms with E-state index < -0.39 is 0 Å². The van der Waals surface area contributed by atoms with Crippen LogP contribution in [0.4, 0.5) is 34.1 Å². The maximum atomic E-state index is 6.23. The number of rotatable bonds is 16. The molecule has 29 aromatic rings. The molecule has 0 aliphatic heterocycles. The Morgan fingerprint density at radius 1 is 0.123 bits per heavy atom. The molecular formula is C140H90N4O2. The summed E-state index contributed by atoms with van der Waals surface area (Å²) < 4.78 is 17.2. The summed E-state index contributed by atoms with van der Waals surface area (Å²) >= 11 is 0. The zero-order chi connectivity index (χ0) is 96.2. The van der Waals surface area contributed by atoms with Gasteiger partial charge in [-0.15, -0.1) is 0 Å². The zero-order valence-corrected chi connectivity index (χ0v) is 79.6. The standard InChI is InChI=1S/C72H46N2O.C68H44N2O/c1-2-16-61-59(14-1)60-15-3-4-17-62(60)68-46-58(41-43-63(61)68)73(56-39-34-50(35-40-56)48-26-30-52(31-27-48)54-36-42-67-66-20-7-10-23-71(66)75-72(67)45-54)55-37-32-49(33-38-55)47-24-28-51(29-25-47)53-12-11-13-57(44-53)74-69-21-8-5-18-64(69)65-19-6-9-22-70(65)74;1-2-13-59-51(10-1)28-29-54-43-58(39-41-60(54)59)69(56-37-32-48(33-38-56)46-22-26-50(27-23-46)53-34-40-64-63-16-5-8-19-67(63)71-68(64)44-53)55-35-30-47(31-36-55)45-20-24-49(25-21-45)52-11-9-12-57(42-52)70-65-17-6-3-14-61(65)62-15-4-7-18-66(62)70/h1-46H;1-44H. The Morgan fingerprint density at radius 2 is 0.356 bits per heavy atom. The molecule has 6 nitrogen and oxygen atoms in total. The number of fused-ring (bicyclic) bond motifs is 21. The van der Waals surface area contributed by atoms with Crippen LogP contribution >= 0.6 is 0 Å². The SMILES string of the molecule is c1cc(-c2ccc(-c3ccc(N(c4ccc(-c5ccc(-c6ccc7c(c6)oc6ccccc67)cc5)cc4)c4ccc5c(ccc6ccccc65)c4)cc3)cc2)cc(-n2c3ccccc3c3ccccc32)c1.c1cc(-c2ccc(-c3ccc(N(c4ccc(-c5ccc(-c6ccc7c(c6)oc6ccccc67)cc5)cc4)c4ccc5c6ccccc6c6ccccc6c5c4)cc3)cc2)cc(-n2c3ccccc3c3ccccc32)c1. The van der Waals surface area contributed by atoms with Crippen molar-refractivity contribution in [3.05, 3.63) is 546 Å². The number of anilines is 6. The number of hydrogen-bond acceptors (Lipinski definition) is 4. The minimum absolute atomic E-state index is 0.907. The summed E-state index contributed by atoms with van der Waals surface area (Å²) in [4.78, 5) is 4.76. The van der Waals surface area contributed by atoms with Gasteiger partial charge in [-0.3, -0.25) is 0 Å². The van der Waals surface area contributed by atoms with Gasteiger partial charge in [0.25, 0.3) is 0 Å². The van der Waals surface area contributed by atoms with Gasteiger partial charge in [0, 0.05) is 88.6 Å². The Balaban J connectivity index is 0.000000142. The van der Waals surface area contributed by atoms with E-state index in [0.717, 1.165) is 134 Å². The fourth-order valence-electron chi connectivity index (χ4n) is 22.6. The molecule has 0 spiro atoms. The van der Waals surface area contributed by atoms with Gasteiger partial charge >= 0.3 is 0 Å². The highest BCUT2D eigenvalue weighted by Crippen LogP contribution is 2.47. The van der Waals surface area contributed by atoms with E-state index in [0.29, 0.717) is 0 Å². The lowest BCUT2D eigenvalue weighted by Crippen LogP contribution is -2.10. The molecule has 0 atom stereocenters. The molecule has 0 aliphatic carbocycles. The first-order valence-electron chi connectivity index (χ1n) is 50.0. The molecule has 0 radical (unpaired) electrons. The number of furan rings is 2. The summed E-state index contributed by atoms with van der Waals surface area (Å²) in [7, 11) is 0. The van der Waals surface area contributed by atoms with Crippen LogP contribution in [0.5, 0.6) is 0 Å². The van der Waals surface area contributed by atoms with E-state index >= 15 is 0 Å². The van der Waals surface area contributed by atoms with Crippen molar-refractivity contribution in [3.63, 3.8) is 0 Å². The maximum Gasteiger partial charge on any atom is 0.136 e. The van der Waals surface area contributed by atoms with Crippen molar-refractivity contribution in [1.29, 1.82) is 0 Å². The van der Waals surface area contributed by atoms with E-state index in [9.17, 15) is 0 Å². The molecule has 25 aromatic carbocycles. The lowest BCUT2D eigenvalue weighted by Gasteiger charge is -2.27. The maximum absolute atomic E-state index is 6.23. The van der Waals surface area contributed by atoms with Crippen molar-refractivity contribution >= 4 is 175 Å². The van der Waals surface area contributed by atoms with Gasteiger partial charge < -0.3 is 27.8 Å². The first-order chi connectivity index (χ1) is 72.3. The van der Waals surface area contributed by atoms with Crippen molar-refractivity contribution in [2.45, 2.75) is 0 Å². The van der Waals surface area contributed by atoms with Gasteiger partial charge in [0.2, 0.25) is 0 Å². The highest BCUT2D eigenvalue weighted by atomic mass is 16.3. The van der Waals surface area contributed by atoms with E-state index in [1.54, 1.807) is 0 Å². The highest BCUT2D eigenvalue weighted by Gasteiger charge is 2.23. The average molecular weight is 1860 g/mol. The van der Waals surface area contributed by atoms with E-state index in [-0.39, 0.29) is 0 Å². The third-order valence-electron chi connectivity index (χ3n) is 29.8. The van der Waals surface area contributed by atoms with Crippen molar-refractivity contribution in [3.8, 4) is 100 Å². The quantitative estimate of drug-likeness (QED) is 0.0904. The summed E-state index contributed by atoms with van der Waals surface area (Å²) in [5.41, 5.74) is 36.0. The largest absolute Gasteiger partial charge is 0.456 e. The third-order valence-corrected chi connectivity index (χ3v) is 29.8. The lowest BCUT2D eigenvalue weighted by atomic mass is 9.94. The Kier molecular flexibility index (Phi) is 20.5. The highest BCUT2D eigenvalue weighted by molar-refractivity contribution is 6.26. The number of para-hydroxylation sites is 6. The van der Waals surface area contributed by atoms with Crippen LogP contribution in [0, 0.1) is 0 Å². The summed E-state index contributed by atoms with van der Waals surface area (Å²) in [5.74, 6) is 0. The van der Waals surface area contributed by atoms with Gasteiger partial charge in [-0.25, -0.2) is 0 Å². The summed E-state index contributed by atoms with van der Waals surface area (Å²) in [6.07, 6.45) is 0. The van der Waals surface area contributed by atoms with Crippen LogP contribution in [0.25, 0.3) is 242 Å². The summed E-state index contributed by atoms with van der Waals surface area (Å²) in [6.45, 7) is 0. The van der Waals surface area contributed by atoms with E-state index in [4.69, 9.17) is 8.83 Å². The zero-order valence-electron chi connectivity index (χ0n) is 79.6. The predicted molar refractivity (Wildman–Crippen MR) is 617 cm³/mol. The molecular weight excluding hydrogens is 1770 g/mol. The van der Waals surface area contributed by atoms with Crippen molar-refractivity contribution in [2.24, 2.45) is 0 Å². The van der Waals surface area contributed by atoms with Crippen LogP contribution in [0.15, 0.2) is 555 Å². The van der Waals surface area contributed by atoms with Crippen molar-refractivity contribution < 1.29 is 8.83 Å². The fraction of sp³-hybridized carbons (Fsp3) is 0. The van der Waals surface area contributed by atoms with Gasteiger partial charge in [-0.2, -0.15) is 0 Å². The average Bonchev–Trinajstić information content (AvgIpc) is 1.54. The second-order valence-electron chi connectivity index (χ2n) is 38.1. The molecule has 0 saturated heterocycles. The smallest absolute Gasteiger partial charge is 0.136 e. The number of hydrogen-bond donors (Lipinski definition) is 0. The van der Waals surface area contributed by atoms with Crippen LogP contribution in [-0.2, 0) is 0 Å². The topological polar surface area (TPSA) is 42.6 Å². The van der Waals surface area contributed by atoms with Gasteiger partial charge in [-0.05, 0) is 301 Å². The molecule has 0 saturated carbocycles. The minimum Gasteiger partial charge on any atom is -0.456 e. The second kappa shape index (κ2) is 35.4. The molecule has 0 unspecified atom stereocenters. The van der Waals surface area contributed by atoms with Crippen LogP contribution in [0.1, 0.15) is 0 Å². The summed E-state index contributed by atoms with van der Waals surface area (Å²) in [6, 6.07) is 198. The predicted octanol–water partition coefficient (Wildman–Crippen LogP) is 39.4. The van der Waals surface area contributed by atoms with Gasteiger partial charge in [0.05, 0.1) is 22.1 Å². The Labute approximate surface area is 843 Å². The second-order valence-corrected chi connectivity index (χ2v) is 38.1. The summed E-state index contributed by atoms with van der Waals surface area (Å²) in [5, 5.41) is 22.2. The molecule has 0 bridgehead atoms. The molecule has 0 fully saturated rings. The van der Waals surface area contributed by atoms with Gasteiger partial charge in [-0.1, -0.05) is 388 Å². The first kappa shape index (κ1) is 84.7. The van der Waals surface area contributed by atoms with Gasteiger partial charge in [0.15, 0.2) is 0 Å². The van der Waals surface area contributed by atoms with Crippen molar-refractivity contribution in [1.82, 2.24) is 9.13 Å². The first-order valence-corrected chi connectivity index (χ1v) is 50.0. The third kappa shape index (κ3) is 15.0. The fourth-order valence-corrected chi connectivity index (χ4v) is 22.6.